The molecule has 0 unspecified atom stereocenters. The largest absolute Gasteiger partial charge is 0.494 e. The summed E-state index contributed by atoms with van der Waals surface area (Å²) >= 11 is 5.37. The molecule has 0 saturated carbocycles. The molecule has 0 radical (unpaired) electrons. The Labute approximate surface area is 161 Å². The lowest BCUT2D eigenvalue weighted by Crippen LogP contribution is -2.34. The fraction of sp³-hybridized carbons (Fsp3) is 0.381. The van der Waals surface area contributed by atoms with E-state index in [0.717, 1.165) is 50.5 Å². The Morgan fingerprint density at radius 2 is 1.88 bits per heavy atom. The van der Waals surface area contributed by atoms with Crippen LogP contribution in [0.3, 0.4) is 0 Å². The van der Waals surface area contributed by atoms with E-state index in [1.165, 1.54) is 11.1 Å². The number of rotatable bonds is 7. The van der Waals surface area contributed by atoms with Crippen molar-refractivity contribution < 1.29 is 4.74 Å². The summed E-state index contributed by atoms with van der Waals surface area (Å²) in [4.78, 5) is 2.52. The first-order valence-corrected chi connectivity index (χ1v) is 9.72. The van der Waals surface area contributed by atoms with Gasteiger partial charge in [-0.1, -0.05) is 24.3 Å². The summed E-state index contributed by atoms with van der Waals surface area (Å²) in [5, 5.41) is 7.17. The van der Waals surface area contributed by atoms with Gasteiger partial charge in [-0.3, -0.25) is 4.90 Å². The second-order valence-corrected chi connectivity index (χ2v) is 6.89. The van der Waals surface area contributed by atoms with Crippen molar-refractivity contribution >= 4 is 23.0 Å². The Morgan fingerprint density at radius 1 is 1.12 bits per heavy atom. The number of hydrogen-bond acceptors (Lipinski definition) is 3. The third-order valence-electron chi connectivity index (χ3n) is 4.57. The van der Waals surface area contributed by atoms with Gasteiger partial charge in [0, 0.05) is 31.9 Å². The molecule has 4 nitrogen and oxygen atoms in total. The minimum atomic E-state index is 0.665. The van der Waals surface area contributed by atoms with Crippen LogP contribution in [-0.4, -0.2) is 36.3 Å². The lowest BCUT2D eigenvalue weighted by Gasteiger charge is -2.28. The first-order valence-electron chi connectivity index (χ1n) is 9.31. The van der Waals surface area contributed by atoms with Gasteiger partial charge in [0.1, 0.15) is 5.75 Å². The molecule has 0 aliphatic carbocycles. The monoisotopic (exact) mass is 369 g/mol. The van der Waals surface area contributed by atoms with E-state index in [1.54, 1.807) is 0 Å². The van der Waals surface area contributed by atoms with Crippen LogP contribution in [0.2, 0.25) is 0 Å². The number of fused-ring (bicyclic) bond motifs is 1. The minimum Gasteiger partial charge on any atom is -0.494 e. The average molecular weight is 370 g/mol. The molecule has 0 atom stereocenters. The van der Waals surface area contributed by atoms with E-state index in [9.17, 15) is 0 Å². The second-order valence-electron chi connectivity index (χ2n) is 6.49. The van der Waals surface area contributed by atoms with E-state index < -0.39 is 0 Å². The van der Waals surface area contributed by atoms with Gasteiger partial charge in [-0.05, 0) is 67.4 Å². The van der Waals surface area contributed by atoms with Crippen molar-refractivity contribution in [3.05, 3.63) is 59.7 Å². The predicted molar refractivity (Wildman–Crippen MR) is 112 cm³/mol. The molecule has 1 aliphatic rings. The van der Waals surface area contributed by atoms with Crippen molar-refractivity contribution in [1.29, 1.82) is 0 Å². The first kappa shape index (κ1) is 18.7. The highest BCUT2D eigenvalue weighted by molar-refractivity contribution is 7.80. The van der Waals surface area contributed by atoms with E-state index >= 15 is 0 Å². The van der Waals surface area contributed by atoms with Crippen LogP contribution in [0.1, 0.15) is 24.5 Å². The zero-order valence-corrected chi connectivity index (χ0v) is 16.1. The summed E-state index contributed by atoms with van der Waals surface area (Å²) in [5.41, 5.74) is 3.94. The smallest absolute Gasteiger partial charge is 0.170 e. The highest BCUT2D eigenvalue weighted by atomic mass is 32.1. The molecule has 2 aromatic carbocycles. The lowest BCUT2D eigenvalue weighted by atomic mass is 10.00. The zero-order chi connectivity index (χ0) is 18.2. The Morgan fingerprint density at radius 3 is 2.65 bits per heavy atom. The quantitative estimate of drug-likeness (QED) is 0.573. The van der Waals surface area contributed by atoms with Crippen LogP contribution in [-0.2, 0) is 13.0 Å². The molecule has 0 bridgehead atoms. The van der Waals surface area contributed by atoms with Crippen molar-refractivity contribution in [2.24, 2.45) is 0 Å². The van der Waals surface area contributed by atoms with Crippen LogP contribution in [0.25, 0.3) is 0 Å². The first-order chi connectivity index (χ1) is 12.7. The van der Waals surface area contributed by atoms with Crippen LogP contribution in [0.15, 0.2) is 48.5 Å². The van der Waals surface area contributed by atoms with Gasteiger partial charge in [-0.15, -0.1) is 0 Å². The van der Waals surface area contributed by atoms with Gasteiger partial charge >= 0.3 is 0 Å². The zero-order valence-electron chi connectivity index (χ0n) is 15.3. The Balaban J connectivity index is 1.34. The van der Waals surface area contributed by atoms with E-state index in [2.05, 4.69) is 39.8 Å². The number of benzene rings is 2. The molecule has 2 aromatic rings. The van der Waals surface area contributed by atoms with Gasteiger partial charge in [0.2, 0.25) is 0 Å². The molecule has 138 valence electrons. The molecular weight excluding hydrogens is 342 g/mol. The van der Waals surface area contributed by atoms with Crippen LogP contribution in [0.4, 0.5) is 5.69 Å². The molecule has 5 heteroatoms. The van der Waals surface area contributed by atoms with Crippen molar-refractivity contribution in [3.8, 4) is 5.75 Å². The van der Waals surface area contributed by atoms with Crippen LogP contribution in [0, 0.1) is 0 Å². The summed E-state index contributed by atoms with van der Waals surface area (Å²) in [6.07, 6.45) is 2.23. The minimum absolute atomic E-state index is 0.665. The molecule has 0 aromatic heterocycles. The Hall–Kier alpha value is -2.11. The van der Waals surface area contributed by atoms with E-state index in [-0.39, 0.29) is 0 Å². The normalized spacial score (nSPS) is 13.7. The Kier molecular flexibility index (Phi) is 6.86. The van der Waals surface area contributed by atoms with Gasteiger partial charge in [0.25, 0.3) is 0 Å². The summed E-state index contributed by atoms with van der Waals surface area (Å²) in [7, 11) is 0. The highest BCUT2D eigenvalue weighted by Gasteiger charge is 2.14. The molecule has 2 N–H and O–H groups in total. The fourth-order valence-electron chi connectivity index (χ4n) is 3.23. The van der Waals surface area contributed by atoms with Crippen LogP contribution < -0.4 is 15.4 Å². The van der Waals surface area contributed by atoms with Crippen molar-refractivity contribution in [2.75, 3.05) is 31.6 Å². The maximum atomic E-state index is 5.44. The molecule has 1 heterocycles. The van der Waals surface area contributed by atoms with Gasteiger partial charge in [0.05, 0.1) is 6.61 Å². The molecule has 3 rings (SSSR count). The van der Waals surface area contributed by atoms with Gasteiger partial charge in [-0.2, -0.15) is 0 Å². The van der Waals surface area contributed by atoms with Gasteiger partial charge in [-0.25, -0.2) is 0 Å². The average Bonchev–Trinajstić information content (AvgIpc) is 2.67. The van der Waals surface area contributed by atoms with Crippen molar-refractivity contribution in [3.63, 3.8) is 0 Å². The number of anilines is 1. The molecule has 0 fully saturated rings. The maximum Gasteiger partial charge on any atom is 0.170 e. The number of nitrogens with zero attached hydrogens (tertiary/aromatic N) is 1. The summed E-state index contributed by atoms with van der Waals surface area (Å²) in [5.74, 6) is 0.875. The number of nitrogens with one attached hydrogen (secondary N) is 2. The summed E-state index contributed by atoms with van der Waals surface area (Å²) in [6.45, 7) is 6.83. The second kappa shape index (κ2) is 9.55. The molecule has 0 amide bonds. The fourth-order valence-corrected chi connectivity index (χ4v) is 3.45. The number of hydrogen-bond donors (Lipinski definition) is 2. The molecule has 0 spiro atoms. The van der Waals surface area contributed by atoms with E-state index in [0.29, 0.717) is 11.7 Å². The SMILES string of the molecule is CCOc1ccc(NC(=S)NCCCN2CCc3ccccc3C2)cc1. The molecule has 26 heavy (non-hydrogen) atoms. The predicted octanol–water partition coefficient (Wildman–Crippen LogP) is 3.82. The topological polar surface area (TPSA) is 36.5 Å². The van der Waals surface area contributed by atoms with Crippen LogP contribution >= 0.6 is 12.2 Å². The van der Waals surface area contributed by atoms with Gasteiger partial charge < -0.3 is 15.4 Å². The van der Waals surface area contributed by atoms with E-state index in [1.807, 2.05) is 31.2 Å². The highest BCUT2D eigenvalue weighted by Crippen LogP contribution is 2.18. The number of thiocarbonyl (C=S) groups is 1. The maximum absolute atomic E-state index is 5.44. The summed E-state index contributed by atoms with van der Waals surface area (Å²) < 4.78 is 5.44. The standard InChI is InChI=1S/C21H27N3OS/c1-2-25-20-10-8-19(9-11-20)23-21(26)22-13-5-14-24-15-12-17-6-3-4-7-18(17)16-24/h3-4,6-11H,2,5,12-16H2,1H3,(H2,22,23,26). The van der Waals surface area contributed by atoms with Crippen molar-refractivity contribution in [1.82, 2.24) is 10.2 Å². The third-order valence-corrected chi connectivity index (χ3v) is 4.82. The summed E-state index contributed by atoms with van der Waals surface area (Å²) in [6, 6.07) is 16.6. The third kappa shape index (κ3) is 5.44. The van der Waals surface area contributed by atoms with Crippen LogP contribution in [0.5, 0.6) is 5.75 Å². The van der Waals surface area contributed by atoms with Crippen molar-refractivity contribution in [2.45, 2.75) is 26.3 Å². The lowest BCUT2D eigenvalue weighted by molar-refractivity contribution is 0.251. The van der Waals surface area contributed by atoms with E-state index in [4.69, 9.17) is 17.0 Å². The van der Waals surface area contributed by atoms with Gasteiger partial charge in [0.15, 0.2) is 5.11 Å². The number of ether oxygens (including phenoxy) is 1. The molecule has 1 aliphatic heterocycles. The Bertz CT molecular complexity index is 717. The molecule has 0 saturated heterocycles. The molecular formula is C21H27N3OS.